The van der Waals surface area contributed by atoms with E-state index in [1.54, 1.807) is 6.07 Å². The van der Waals surface area contributed by atoms with Crippen LogP contribution in [-0.2, 0) is 16.6 Å². The lowest BCUT2D eigenvalue weighted by Gasteiger charge is -2.41. The molecule has 2 rings (SSSR count). The molecule has 6 heteroatoms. The summed E-state index contributed by atoms with van der Waals surface area (Å²) in [5, 5.41) is -0.0477. The molecule has 1 heterocycles. The van der Waals surface area contributed by atoms with Crippen LogP contribution in [-0.4, -0.2) is 15.0 Å². The van der Waals surface area contributed by atoms with E-state index in [-0.39, 0.29) is 17.1 Å². The third-order valence-corrected chi connectivity index (χ3v) is 5.18. The van der Waals surface area contributed by atoms with E-state index < -0.39 is 10.0 Å². The molecule has 5 nitrogen and oxygen atoms in total. The normalized spacial score (nSPS) is 18.6. The van der Waals surface area contributed by atoms with Crippen molar-refractivity contribution in [2.75, 3.05) is 6.54 Å². The summed E-state index contributed by atoms with van der Waals surface area (Å²) in [6.07, 6.45) is 4.38. The van der Waals surface area contributed by atoms with Crippen molar-refractivity contribution in [3.05, 3.63) is 17.9 Å². The van der Waals surface area contributed by atoms with Crippen molar-refractivity contribution in [3.8, 4) is 0 Å². The van der Waals surface area contributed by atoms with E-state index in [4.69, 9.17) is 10.2 Å². The van der Waals surface area contributed by atoms with Crippen LogP contribution in [0.25, 0.3) is 0 Å². The highest BCUT2D eigenvalue weighted by atomic mass is 32.2. The summed E-state index contributed by atoms with van der Waals surface area (Å²) in [7, 11) is -3.54. The van der Waals surface area contributed by atoms with Crippen LogP contribution in [0, 0.1) is 5.41 Å². The third kappa shape index (κ3) is 2.60. The van der Waals surface area contributed by atoms with Crippen LogP contribution in [0.2, 0.25) is 0 Å². The molecule has 0 spiro atoms. The Labute approximate surface area is 108 Å². The molecule has 1 aromatic rings. The average Bonchev–Trinajstić information content (AvgIpc) is 2.77. The SMILES string of the molecule is CCC1(CNS(=O)(=O)c2ccc(CN)o2)CCC1. The van der Waals surface area contributed by atoms with E-state index >= 15 is 0 Å². The standard InChI is InChI=1S/C12H20N2O3S/c1-2-12(6-3-7-12)9-14-18(15,16)11-5-4-10(8-13)17-11/h4-5,14H,2-3,6-9,13H2,1H3. The lowest BCUT2D eigenvalue weighted by atomic mass is 9.67. The molecule has 18 heavy (non-hydrogen) atoms. The first-order chi connectivity index (χ1) is 8.51. The predicted octanol–water partition coefficient (Wildman–Crippen LogP) is 1.60. The van der Waals surface area contributed by atoms with Crippen molar-refractivity contribution in [3.63, 3.8) is 0 Å². The maximum absolute atomic E-state index is 12.0. The van der Waals surface area contributed by atoms with Gasteiger partial charge in [-0.15, -0.1) is 0 Å². The van der Waals surface area contributed by atoms with E-state index in [1.165, 1.54) is 12.5 Å². The van der Waals surface area contributed by atoms with E-state index in [0.29, 0.717) is 12.3 Å². The highest BCUT2D eigenvalue weighted by Crippen LogP contribution is 2.43. The summed E-state index contributed by atoms with van der Waals surface area (Å²) >= 11 is 0. The Hall–Kier alpha value is -0.850. The molecule has 0 amide bonds. The van der Waals surface area contributed by atoms with Gasteiger partial charge in [-0.1, -0.05) is 13.3 Å². The first-order valence-electron chi connectivity index (χ1n) is 6.30. The molecule has 102 valence electrons. The second kappa shape index (κ2) is 5.03. The maximum Gasteiger partial charge on any atom is 0.273 e. The summed E-state index contributed by atoms with van der Waals surface area (Å²) in [6, 6.07) is 3.04. The largest absolute Gasteiger partial charge is 0.447 e. The van der Waals surface area contributed by atoms with E-state index in [1.807, 2.05) is 0 Å². The van der Waals surface area contributed by atoms with Crippen molar-refractivity contribution in [2.45, 2.75) is 44.2 Å². The monoisotopic (exact) mass is 272 g/mol. The fourth-order valence-corrected chi connectivity index (χ4v) is 3.37. The van der Waals surface area contributed by atoms with Gasteiger partial charge in [-0.2, -0.15) is 0 Å². The molecule has 1 aliphatic carbocycles. The molecular weight excluding hydrogens is 252 g/mol. The smallest absolute Gasteiger partial charge is 0.273 e. The Morgan fingerprint density at radius 1 is 1.44 bits per heavy atom. The minimum atomic E-state index is -3.54. The predicted molar refractivity (Wildman–Crippen MR) is 68.4 cm³/mol. The molecule has 0 radical (unpaired) electrons. The Bertz CT molecular complexity index is 498. The van der Waals surface area contributed by atoms with Gasteiger partial charge >= 0.3 is 0 Å². The van der Waals surface area contributed by atoms with Gasteiger partial charge < -0.3 is 10.2 Å². The van der Waals surface area contributed by atoms with Gasteiger partial charge in [0.25, 0.3) is 10.0 Å². The Balaban J connectivity index is 2.03. The van der Waals surface area contributed by atoms with Gasteiger partial charge in [0.05, 0.1) is 6.54 Å². The lowest BCUT2D eigenvalue weighted by Crippen LogP contribution is -2.41. The summed E-state index contributed by atoms with van der Waals surface area (Å²) in [6.45, 7) is 2.80. The van der Waals surface area contributed by atoms with E-state index in [9.17, 15) is 8.42 Å². The van der Waals surface area contributed by atoms with Gasteiger partial charge in [-0.05, 0) is 36.8 Å². The molecule has 3 N–H and O–H groups in total. The average molecular weight is 272 g/mol. The zero-order chi connectivity index (χ0) is 13.2. The molecule has 0 saturated heterocycles. The number of hydrogen-bond acceptors (Lipinski definition) is 4. The number of nitrogens with two attached hydrogens (primary N) is 1. The Morgan fingerprint density at radius 2 is 2.17 bits per heavy atom. The molecule has 1 aliphatic rings. The summed E-state index contributed by atoms with van der Waals surface area (Å²) in [5.41, 5.74) is 5.54. The topological polar surface area (TPSA) is 85.3 Å². The second-order valence-corrected chi connectivity index (χ2v) is 6.65. The minimum Gasteiger partial charge on any atom is -0.447 e. The number of furan rings is 1. The number of hydrogen-bond donors (Lipinski definition) is 2. The maximum atomic E-state index is 12.0. The molecule has 0 aliphatic heterocycles. The Kier molecular flexibility index (Phi) is 3.79. The lowest BCUT2D eigenvalue weighted by molar-refractivity contribution is 0.132. The molecule has 1 saturated carbocycles. The van der Waals surface area contributed by atoms with Gasteiger partial charge in [0.2, 0.25) is 5.09 Å². The quantitative estimate of drug-likeness (QED) is 0.823. The first kappa shape index (κ1) is 13.6. The van der Waals surface area contributed by atoms with Gasteiger partial charge in [0.15, 0.2) is 0 Å². The highest BCUT2D eigenvalue weighted by Gasteiger charge is 2.36. The summed E-state index contributed by atoms with van der Waals surface area (Å²) < 4.78 is 31.9. The fourth-order valence-electron chi connectivity index (χ4n) is 2.26. The van der Waals surface area contributed by atoms with Crippen LogP contribution in [0.4, 0.5) is 0 Å². The minimum absolute atomic E-state index is 0.0477. The van der Waals surface area contributed by atoms with Gasteiger partial charge in [0, 0.05) is 6.54 Å². The van der Waals surface area contributed by atoms with Crippen LogP contribution in [0.15, 0.2) is 21.6 Å². The highest BCUT2D eigenvalue weighted by molar-refractivity contribution is 7.89. The molecule has 0 bridgehead atoms. The van der Waals surface area contributed by atoms with Crippen molar-refractivity contribution in [1.29, 1.82) is 0 Å². The molecule has 1 fully saturated rings. The van der Waals surface area contributed by atoms with Gasteiger partial charge in [-0.25, -0.2) is 13.1 Å². The zero-order valence-corrected chi connectivity index (χ0v) is 11.4. The van der Waals surface area contributed by atoms with Crippen LogP contribution < -0.4 is 10.5 Å². The molecule has 0 unspecified atom stereocenters. The fraction of sp³-hybridized carbons (Fsp3) is 0.667. The first-order valence-corrected chi connectivity index (χ1v) is 7.78. The Morgan fingerprint density at radius 3 is 2.61 bits per heavy atom. The molecule has 0 atom stereocenters. The van der Waals surface area contributed by atoms with Gasteiger partial charge in [-0.3, -0.25) is 0 Å². The number of nitrogens with one attached hydrogen (secondary N) is 1. The number of sulfonamides is 1. The summed E-state index contributed by atoms with van der Waals surface area (Å²) in [5.74, 6) is 0.476. The van der Waals surface area contributed by atoms with Crippen molar-refractivity contribution in [2.24, 2.45) is 11.1 Å². The van der Waals surface area contributed by atoms with Crippen LogP contribution in [0.3, 0.4) is 0 Å². The van der Waals surface area contributed by atoms with E-state index in [0.717, 1.165) is 19.3 Å². The van der Waals surface area contributed by atoms with Gasteiger partial charge in [0.1, 0.15) is 5.76 Å². The van der Waals surface area contributed by atoms with Crippen molar-refractivity contribution in [1.82, 2.24) is 4.72 Å². The molecule has 0 aromatic carbocycles. The third-order valence-electron chi connectivity index (χ3n) is 3.90. The van der Waals surface area contributed by atoms with Crippen LogP contribution in [0.5, 0.6) is 0 Å². The molecular formula is C12H20N2O3S. The van der Waals surface area contributed by atoms with Crippen molar-refractivity contribution >= 4 is 10.0 Å². The molecule has 1 aromatic heterocycles. The number of rotatable bonds is 6. The summed E-state index contributed by atoms with van der Waals surface area (Å²) in [4.78, 5) is 0. The van der Waals surface area contributed by atoms with E-state index in [2.05, 4.69) is 11.6 Å². The van der Waals surface area contributed by atoms with Crippen LogP contribution >= 0.6 is 0 Å². The zero-order valence-electron chi connectivity index (χ0n) is 10.6. The van der Waals surface area contributed by atoms with Crippen LogP contribution in [0.1, 0.15) is 38.4 Å². The second-order valence-electron chi connectivity index (χ2n) is 4.96. The van der Waals surface area contributed by atoms with Crippen molar-refractivity contribution < 1.29 is 12.8 Å².